The van der Waals surface area contributed by atoms with E-state index in [0.717, 1.165) is 0 Å². The highest BCUT2D eigenvalue weighted by molar-refractivity contribution is 6.02. The fourth-order valence-corrected chi connectivity index (χ4v) is 2.61. The molecular formula is C22H26N2O5. The predicted octanol–water partition coefficient (Wildman–Crippen LogP) is 3.64. The Labute approximate surface area is 170 Å². The molecule has 0 aromatic heterocycles. The zero-order valence-electron chi connectivity index (χ0n) is 17.1. The number of amides is 2. The van der Waals surface area contributed by atoms with Crippen LogP contribution in [0.1, 0.15) is 38.1 Å². The number of hydrogen-bond acceptors (Lipinski definition) is 5. The van der Waals surface area contributed by atoms with E-state index in [1.807, 2.05) is 13.8 Å². The van der Waals surface area contributed by atoms with Crippen molar-refractivity contribution >= 4 is 29.2 Å². The van der Waals surface area contributed by atoms with Crippen molar-refractivity contribution in [1.82, 2.24) is 0 Å². The Hall–Kier alpha value is -3.35. The summed E-state index contributed by atoms with van der Waals surface area (Å²) in [4.78, 5) is 37.5. The van der Waals surface area contributed by atoms with Crippen molar-refractivity contribution in [3.05, 3.63) is 54.1 Å². The topological polar surface area (TPSA) is 84.9 Å². The summed E-state index contributed by atoms with van der Waals surface area (Å²) in [7, 11) is 0. The first-order valence-electron chi connectivity index (χ1n) is 9.42. The Balaban J connectivity index is 2.03. The first-order chi connectivity index (χ1) is 13.8. The molecule has 154 valence electrons. The summed E-state index contributed by atoms with van der Waals surface area (Å²) >= 11 is 0. The summed E-state index contributed by atoms with van der Waals surface area (Å²) in [5, 5.41) is 2.76. The Morgan fingerprint density at radius 2 is 1.62 bits per heavy atom. The molecule has 0 atom stereocenters. The Kier molecular flexibility index (Phi) is 7.77. The summed E-state index contributed by atoms with van der Waals surface area (Å²) in [6, 6.07) is 13.4. The zero-order chi connectivity index (χ0) is 21.4. The predicted molar refractivity (Wildman–Crippen MR) is 111 cm³/mol. The van der Waals surface area contributed by atoms with Crippen LogP contribution >= 0.6 is 0 Å². The zero-order valence-corrected chi connectivity index (χ0v) is 17.1. The van der Waals surface area contributed by atoms with Crippen molar-refractivity contribution in [2.75, 3.05) is 23.4 Å². The molecule has 0 aliphatic heterocycles. The number of anilines is 2. The summed E-state index contributed by atoms with van der Waals surface area (Å²) < 4.78 is 10.5. The van der Waals surface area contributed by atoms with E-state index in [4.69, 9.17) is 9.47 Å². The number of rotatable bonds is 8. The number of carbonyl (C=O) groups is 3. The third kappa shape index (κ3) is 6.64. The van der Waals surface area contributed by atoms with Crippen LogP contribution in [0.25, 0.3) is 0 Å². The number of carbonyl (C=O) groups excluding carboxylic acids is 3. The molecule has 0 radical (unpaired) electrons. The number of hydrogen-bond donors (Lipinski definition) is 1. The van der Waals surface area contributed by atoms with Crippen LogP contribution in [0.5, 0.6) is 5.75 Å². The molecule has 1 N–H and O–H groups in total. The highest BCUT2D eigenvalue weighted by Gasteiger charge is 2.17. The lowest BCUT2D eigenvalue weighted by molar-refractivity contribution is -0.120. The van der Waals surface area contributed by atoms with Crippen LogP contribution in [0.2, 0.25) is 0 Å². The number of esters is 1. The summed E-state index contributed by atoms with van der Waals surface area (Å²) in [6.45, 7) is 7.11. The van der Waals surface area contributed by atoms with Crippen LogP contribution in [0.4, 0.5) is 11.4 Å². The van der Waals surface area contributed by atoms with Crippen molar-refractivity contribution in [3.8, 4) is 5.75 Å². The number of nitrogens with one attached hydrogen (secondary N) is 1. The van der Waals surface area contributed by atoms with Gasteiger partial charge in [-0.15, -0.1) is 0 Å². The SMILES string of the molecule is CCOC(=O)c1ccc(N(CC(=O)Nc2ccc(OC(C)C)cc2)C(C)=O)cc1. The number of benzene rings is 2. The largest absolute Gasteiger partial charge is 0.491 e. The van der Waals surface area contributed by atoms with Gasteiger partial charge in [0.1, 0.15) is 12.3 Å². The van der Waals surface area contributed by atoms with Crippen LogP contribution in [-0.2, 0) is 14.3 Å². The smallest absolute Gasteiger partial charge is 0.338 e. The van der Waals surface area contributed by atoms with E-state index >= 15 is 0 Å². The third-order valence-corrected chi connectivity index (χ3v) is 3.88. The second-order valence-corrected chi connectivity index (χ2v) is 6.61. The van der Waals surface area contributed by atoms with Gasteiger partial charge in [-0.2, -0.15) is 0 Å². The second-order valence-electron chi connectivity index (χ2n) is 6.61. The fourth-order valence-electron chi connectivity index (χ4n) is 2.61. The Morgan fingerprint density at radius 3 is 2.14 bits per heavy atom. The van der Waals surface area contributed by atoms with Crippen molar-refractivity contribution in [2.45, 2.75) is 33.8 Å². The molecule has 0 spiro atoms. The molecule has 2 aromatic rings. The minimum atomic E-state index is -0.434. The van der Waals surface area contributed by atoms with Gasteiger partial charge in [0.15, 0.2) is 0 Å². The molecule has 0 bridgehead atoms. The standard InChI is InChI=1S/C22H26N2O5/c1-5-28-22(27)17-6-10-19(11-7-17)24(16(4)25)14-21(26)23-18-8-12-20(13-9-18)29-15(2)3/h6-13,15H,5,14H2,1-4H3,(H,23,26). The van der Waals surface area contributed by atoms with Crippen LogP contribution in [0, 0.1) is 0 Å². The van der Waals surface area contributed by atoms with Gasteiger partial charge in [-0.05, 0) is 69.3 Å². The van der Waals surface area contributed by atoms with Crippen molar-refractivity contribution in [1.29, 1.82) is 0 Å². The van der Waals surface area contributed by atoms with Gasteiger partial charge in [-0.3, -0.25) is 9.59 Å². The van der Waals surface area contributed by atoms with Gasteiger partial charge >= 0.3 is 5.97 Å². The molecule has 2 aromatic carbocycles. The lowest BCUT2D eigenvalue weighted by atomic mass is 10.2. The summed E-state index contributed by atoms with van der Waals surface area (Å²) in [5.74, 6) is -0.349. The normalized spacial score (nSPS) is 10.4. The first kappa shape index (κ1) is 21.9. The molecule has 0 unspecified atom stereocenters. The number of ether oxygens (including phenoxy) is 2. The third-order valence-electron chi connectivity index (χ3n) is 3.88. The molecule has 2 amide bonds. The van der Waals surface area contributed by atoms with Gasteiger partial charge in [-0.25, -0.2) is 4.79 Å². The minimum Gasteiger partial charge on any atom is -0.491 e. The Morgan fingerprint density at radius 1 is 1.00 bits per heavy atom. The van der Waals surface area contributed by atoms with E-state index in [1.165, 1.54) is 11.8 Å². The van der Waals surface area contributed by atoms with Crippen LogP contribution < -0.4 is 15.0 Å². The van der Waals surface area contributed by atoms with E-state index in [0.29, 0.717) is 22.7 Å². The molecular weight excluding hydrogens is 372 g/mol. The summed E-state index contributed by atoms with van der Waals surface area (Å²) in [5.41, 5.74) is 1.50. The highest BCUT2D eigenvalue weighted by Crippen LogP contribution is 2.19. The lowest BCUT2D eigenvalue weighted by Gasteiger charge is -2.21. The van der Waals surface area contributed by atoms with Crippen LogP contribution in [-0.4, -0.2) is 37.0 Å². The molecule has 29 heavy (non-hydrogen) atoms. The molecule has 7 nitrogen and oxygen atoms in total. The van der Waals surface area contributed by atoms with Gasteiger partial charge in [0, 0.05) is 18.3 Å². The molecule has 0 aliphatic rings. The van der Waals surface area contributed by atoms with Crippen molar-refractivity contribution in [3.63, 3.8) is 0 Å². The quantitative estimate of drug-likeness (QED) is 0.686. The van der Waals surface area contributed by atoms with E-state index in [9.17, 15) is 14.4 Å². The molecule has 0 fully saturated rings. The van der Waals surface area contributed by atoms with E-state index in [-0.39, 0.29) is 31.1 Å². The second kappa shape index (κ2) is 10.3. The maximum Gasteiger partial charge on any atom is 0.338 e. The molecule has 0 heterocycles. The fraction of sp³-hybridized carbons (Fsp3) is 0.318. The van der Waals surface area contributed by atoms with Gasteiger partial charge in [0.05, 0.1) is 18.3 Å². The molecule has 0 saturated heterocycles. The monoisotopic (exact) mass is 398 g/mol. The molecule has 7 heteroatoms. The molecule has 0 aliphatic carbocycles. The van der Waals surface area contributed by atoms with Gasteiger partial charge in [-0.1, -0.05) is 0 Å². The summed E-state index contributed by atoms with van der Waals surface area (Å²) in [6.07, 6.45) is 0.0646. The molecule has 0 saturated carbocycles. The van der Waals surface area contributed by atoms with Gasteiger partial charge in [0.25, 0.3) is 0 Å². The van der Waals surface area contributed by atoms with Gasteiger partial charge in [0.2, 0.25) is 11.8 Å². The van der Waals surface area contributed by atoms with Gasteiger partial charge < -0.3 is 19.7 Å². The van der Waals surface area contributed by atoms with E-state index < -0.39 is 5.97 Å². The van der Waals surface area contributed by atoms with Crippen LogP contribution in [0.3, 0.4) is 0 Å². The average molecular weight is 398 g/mol. The average Bonchev–Trinajstić information content (AvgIpc) is 2.67. The number of nitrogens with zero attached hydrogens (tertiary/aromatic N) is 1. The minimum absolute atomic E-state index is 0.0646. The first-order valence-corrected chi connectivity index (χ1v) is 9.42. The van der Waals surface area contributed by atoms with Crippen molar-refractivity contribution in [2.24, 2.45) is 0 Å². The van der Waals surface area contributed by atoms with Crippen molar-refractivity contribution < 1.29 is 23.9 Å². The molecule has 2 rings (SSSR count). The highest BCUT2D eigenvalue weighted by atomic mass is 16.5. The van der Waals surface area contributed by atoms with Crippen LogP contribution in [0.15, 0.2) is 48.5 Å². The van der Waals surface area contributed by atoms with E-state index in [2.05, 4.69) is 5.32 Å². The van der Waals surface area contributed by atoms with E-state index in [1.54, 1.807) is 55.5 Å². The maximum atomic E-state index is 12.4. The Bertz CT molecular complexity index is 845. The maximum absolute atomic E-state index is 12.4. The lowest BCUT2D eigenvalue weighted by Crippen LogP contribution is -2.36.